The van der Waals surface area contributed by atoms with Crippen molar-refractivity contribution >= 4 is 15.9 Å². The predicted octanol–water partition coefficient (Wildman–Crippen LogP) is 5.38. The number of phenolic OH excluding ortho intramolecular Hbond substituents is 1. The number of rotatable bonds is 1. The molecule has 21 heavy (non-hydrogen) atoms. The molecule has 1 aromatic rings. The van der Waals surface area contributed by atoms with Crippen LogP contribution in [0, 0.1) is 0 Å². The maximum Gasteiger partial charge on any atom is 0.419 e. The van der Waals surface area contributed by atoms with Gasteiger partial charge in [0.05, 0.1) is 5.56 Å². The minimum atomic E-state index is -5.78. The second kappa shape index (κ2) is 5.25. The van der Waals surface area contributed by atoms with Crippen molar-refractivity contribution in [1.29, 1.82) is 0 Å². The molecule has 0 saturated heterocycles. The molecular weight excluding hydrogens is 387 g/mol. The summed E-state index contributed by atoms with van der Waals surface area (Å²) in [5.41, 5.74) is -3.30. The molecule has 0 aliphatic carbocycles. The van der Waals surface area contributed by atoms with Crippen molar-refractivity contribution in [3.8, 4) is 5.75 Å². The van der Waals surface area contributed by atoms with Gasteiger partial charge in [-0.2, -0.15) is 39.5 Å². The third kappa shape index (κ3) is 3.95. The first kappa shape index (κ1) is 17.9. The summed E-state index contributed by atoms with van der Waals surface area (Å²) in [4.78, 5) is 0. The van der Waals surface area contributed by atoms with Crippen LogP contribution in [0.5, 0.6) is 5.75 Å². The maximum atomic E-state index is 12.5. The molecule has 0 atom stereocenters. The molecule has 0 spiro atoms. The largest absolute Gasteiger partial charge is 0.507 e. The topological polar surface area (TPSA) is 20.2 Å². The number of aromatic hydroxyl groups is 1. The summed E-state index contributed by atoms with van der Waals surface area (Å²) in [5, 5.41) is 9.06. The van der Waals surface area contributed by atoms with Crippen LogP contribution in [-0.4, -0.2) is 17.5 Å². The van der Waals surface area contributed by atoms with Crippen molar-refractivity contribution < 1.29 is 44.6 Å². The monoisotopic (exact) mass is 390 g/mol. The van der Waals surface area contributed by atoms with E-state index in [9.17, 15) is 39.5 Å². The molecule has 0 heterocycles. The molecule has 0 aromatic heterocycles. The molecule has 0 fully saturated rings. The van der Waals surface area contributed by atoms with Gasteiger partial charge in [0.2, 0.25) is 0 Å². The lowest BCUT2D eigenvalue weighted by atomic mass is 9.96. The van der Waals surface area contributed by atoms with Gasteiger partial charge in [-0.15, -0.1) is 0 Å². The Morgan fingerprint density at radius 1 is 0.857 bits per heavy atom. The number of phenols is 1. The summed E-state index contributed by atoms with van der Waals surface area (Å²) in [6.45, 7) is 0. The van der Waals surface area contributed by atoms with E-state index in [1.165, 1.54) is 0 Å². The van der Waals surface area contributed by atoms with E-state index in [-0.39, 0.29) is 12.1 Å². The first-order chi connectivity index (χ1) is 9.15. The average Bonchev–Trinajstić information content (AvgIpc) is 2.16. The molecule has 0 bridgehead atoms. The Kier molecular flexibility index (Phi) is 4.48. The minimum Gasteiger partial charge on any atom is -0.507 e. The number of halogens is 10. The van der Waals surface area contributed by atoms with Crippen LogP contribution in [-0.2, 0) is 6.18 Å². The Morgan fingerprint density at radius 3 is 1.62 bits per heavy atom. The van der Waals surface area contributed by atoms with E-state index >= 15 is 0 Å². The van der Waals surface area contributed by atoms with Crippen molar-refractivity contribution in [1.82, 2.24) is 0 Å². The zero-order valence-electron chi connectivity index (χ0n) is 9.46. The Labute approximate surface area is 119 Å². The van der Waals surface area contributed by atoms with E-state index < -0.39 is 45.8 Å². The first-order valence-electron chi connectivity index (χ1n) is 4.88. The van der Waals surface area contributed by atoms with Gasteiger partial charge in [-0.25, -0.2) is 0 Å². The van der Waals surface area contributed by atoms with Crippen LogP contribution < -0.4 is 0 Å². The second-order valence-corrected chi connectivity index (χ2v) is 4.76. The zero-order valence-corrected chi connectivity index (χ0v) is 11.0. The zero-order chi connectivity index (χ0) is 16.8. The lowest BCUT2D eigenvalue weighted by Crippen LogP contribution is -2.34. The van der Waals surface area contributed by atoms with Gasteiger partial charge in [0.15, 0.2) is 5.92 Å². The Bertz CT molecular complexity index is 515. The summed E-state index contributed by atoms with van der Waals surface area (Å²) in [6, 6.07) is -0.228. The standard InChI is InChI=1S/C10H4BrF9O/c11-5-2-4(8(12,13)14)6(21)1-3(5)7(9(15,16)17)10(18,19)20/h1-2,7,21H. The predicted molar refractivity (Wildman–Crippen MR) is 55.7 cm³/mol. The van der Waals surface area contributed by atoms with Gasteiger partial charge in [0.1, 0.15) is 5.75 Å². The fourth-order valence-electron chi connectivity index (χ4n) is 1.56. The smallest absolute Gasteiger partial charge is 0.419 e. The van der Waals surface area contributed by atoms with Crippen molar-refractivity contribution in [3.63, 3.8) is 0 Å². The highest BCUT2D eigenvalue weighted by Crippen LogP contribution is 2.50. The Hall–Kier alpha value is -1.13. The normalized spacial score (nSPS) is 13.9. The summed E-state index contributed by atoms with van der Waals surface area (Å²) in [7, 11) is 0. The molecule has 0 unspecified atom stereocenters. The lowest BCUT2D eigenvalue weighted by Gasteiger charge is -2.25. The van der Waals surface area contributed by atoms with Crippen LogP contribution in [0.3, 0.4) is 0 Å². The molecule has 11 heteroatoms. The highest BCUT2D eigenvalue weighted by molar-refractivity contribution is 9.10. The quantitative estimate of drug-likeness (QED) is 0.638. The SMILES string of the molecule is Oc1cc(C(C(F)(F)F)C(F)(F)F)c(Br)cc1C(F)(F)F. The van der Waals surface area contributed by atoms with Gasteiger partial charge in [0.25, 0.3) is 0 Å². The summed E-state index contributed by atoms with van der Waals surface area (Å²) >= 11 is 2.25. The van der Waals surface area contributed by atoms with Gasteiger partial charge in [-0.1, -0.05) is 15.9 Å². The van der Waals surface area contributed by atoms with Gasteiger partial charge in [0, 0.05) is 4.47 Å². The van der Waals surface area contributed by atoms with Gasteiger partial charge < -0.3 is 5.11 Å². The summed E-state index contributed by atoms with van der Waals surface area (Å²) in [6.07, 6.45) is -16.7. The summed E-state index contributed by atoms with van der Waals surface area (Å²) < 4.78 is 111. The van der Waals surface area contributed by atoms with E-state index in [1.54, 1.807) is 0 Å². The van der Waals surface area contributed by atoms with E-state index in [2.05, 4.69) is 15.9 Å². The molecule has 120 valence electrons. The molecule has 0 aliphatic rings. The highest BCUT2D eigenvalue weighted by atomic mass is 79.9. The van der Waals surface area contributed by atoms with Gasteiger partial charge >= 0.3 is 18.5 Å². The average molecular weight is 391 g/mol. The van der Waals surface area contributed by atoms with Crippen LogP contribution >= 0.6 is 15.9 Å². The van der Waals surface area contributed by atoms with Crippen LogP contribution in [0.25, 0.3) is 0 Å². The summed E-state index contributed by atoms with van der Waals surface area (Å²) in [5.74, 6) is -5.74. The van der Waals surface area contributed by atoms with Gasteiger partial charge in [-0.3, -0.25) is 0 Å². The molecule has 0 saturated carbocycles. The number of hydrogen-bond donors (Lipinski definition) is 1. The minimum absolute atomic E-state index is 0.0326. The molecule has 1 nitrogen and oxygen atoms in total. The molecule has 1 rings (SSSR count). The third-order valence-corrected chi connectivity index (χ3v) is 3.07. The van der Waals surface area contributed by atoms with E-state index in [1.807, 2.05) is 0 Å². The molecule has 1 N–H and O–H groups in total. The van der Waals surface area contributed by atoms with Crippen LogP contribution in [0.4, 0.5) is 39.5 Å². The van der Waals surface area contributed by atoms with Crippen LogP contribution in [0.2, 0.25) is 0 Å². The van der Waals surface area contributed by atoms with E-state index in [0.29, 0.717) is 0 Å². The van der Waals surface area contributed by atoms with E-state index in [4.69, 9.17) is 5.11 Å². The first-order valence-corrected chi connectivity index (χ1v) is 5.68. The van der Waals surface area contributed by atoms with E-state index in [0.717, 1.165) is 0 Å². The fourth-order valence-corrected chi connectivity index (χ4v) is 2.14. The molecule has 0 aliphatic heterocycles. The van der Waals surface area contributed by atoms with Crippen molar-refractivity contribution in [2.24, 2.45) is 0 Å². The molecular formula is C10H4BrF9O. The number of benzene rings is 1. The van der Waals surface area contributed by atoms with Crippen molar-refractivity contribution in [2.75, 3.05) is 0 Å². The molecule has 1 aromatic carbocycles. The Balaban J connectivity index is 3.53. The third-order valence-electron chi connectivity index (χ3n) is 2.39. The van der Waals surface area contributed by atoms with Crippen LogP contribution in [0.1, 0.15) is 17.0 Å². The fraction of sp³-hybridized carbons (Fsp3) is 0.400. The Morgan fingerprint density at radius 2 is 1.29 bits per heavy atom. The van der Waals surface area contributed by atoms with Gasteiger partial charge in [-0.05, 0) is 17.7 Å². The second-order valence-electron chi connectivity index (χ2n) is 3.90. The highest BCUT2D eigenvalue weighted by Gasteiger charge is 2.58. The maximum absolute atomic E-state index is 12.5. The molecule has 0 amide bonds. The van der Waals surface area contributed by atoms with Crippen molar-refractivity contribution in [3.05, 3.63) is 27.7 Å². The van der Waals surface area contributed by atoms with Crippen molar-refractivity contribution in [2.45, 2.75) is 24.4 Å². The molecule has 0 radical (unpaired) electrons. The number of alkyl halides is 9. The lowest BCUT2D eigenvalue weighted by molar-refractivity contribution is -0.253. The van der Waals surface area contributed by atoms with Crippen LogP contribution in [0.15, 0.2) is 16.6 Å². The number of hydrogen-bond acceptors (Lipinski definition) is 1.